The lowest BCUT2D eigenvalue weighted by Crippen LogP contribution is -2.65. The van der Waals surface area contributed by atoms with Crippen molar-refractivity contribution in [3.05, 3.63) is 47.0 Å². The van der Waals surface area contributed by atoms with Gasteiger partial charge in [-0.1, -0.05) is 0 Å². The lowest BCUT2D eigenvalue weighted by molar-refractivity contribution is -0.200. The van der Waals surface area contributed by atoms with Gasteiger partial charge >= 0.3 is 0 Å². The highest BCUT2D eigenvalue weighted by Crippen LogP contribution is 2.36. The van der Waals surface area contributed by atoms with E-state index in [1.165, 1.54) is 16.8 Å². The van der Waals surface area contributed by atoms with Crippen molar-refractivity contribution in [2.75, 3.05) is 19.7 Å². The van der Waals surface area contributed by atoms with E-state index in [2.05, 4.69) is 28.0 Å². The lowest BCUT2D eigenvalue weighted by Gasteiger charge is -2.53. The van der Waals surface area contributed by atoms with Gasteiger partial charge in [0.1, 0.15) is 0 Å². The Morgan fingerprint density at radius 2 is 2.19 bits per heavy atom. The molecule has 0 N–H and O–H groups in total. The first kappa shape index (κ1) is 17.6. The van der Waals surface area contributed by atoms with Crippen LogP contribution in [-0.4, -0.2) is 51.1 Å². The smallest absolute Gasteiger partial charge is 0.0959 e. The minimum Gasteiger partial charge on any atom is -0.373 e. The molecule has 2 aromatic heterocycles. The standard InChI is InChI=1S/C20H28N4O2/c1-15-4-6-21-10-17(15)12-25-19-5-7-26-20(9-19)13-24(14-20)11-18-8-16(2)22-23(18)3/h4,6,8,10,19H,5,7,9,11-14H2,1-3H3/t19-/m0/s1. The summed E-state index contributed by atoms with van der Waals surface area (Å²) in [6.45, 7) is 8.45. The Labute approximate surface area is 155 Å². The van der Waals surface area contributed by atoms with Crippen molar-refractivity contribution in [3.8, 4) is 0 Å². The molecule has 2 aromatic rings. The number of aromatic nitrogens is 3. The van der Waals surface area contributed by atoms with Gasteiger partial charge < -0.3 is 9.47 Å². The van der Waals surface area contributed by atoms with Gasteiger partial charge in [-0.15, -0.1) is 0 Å². The summed E-state index contributed by atoms with van der Waals surface area (Å²) in [7, 11) is 2.01. The van der Waals surface area contributed by atoms with Gasteiger partial charge in [0.25, 0.3) is 0 Å². The number of hydrogen-bond acceptors (Lipinski definition) is 5. The molecule has 6 nitrogen and oxygen atoms in total. The second kappa shape index (κ2) is 7.10. The first-order valence-electron chi connectivity index (χ1n) is 9.40. The predicted molar refractivity (Wildman–Crippen MR) is 98.7 cm³/mol. The van der Waals surface area contributed by atoms with Crippen LogP contribution in [0.2, 0.25) is 0 Å². The second-order valence-electron chi connectivity index (χ2n) is 7.81. The summed E-state index contributed by atoms with van der Waals surface area (Å²) in [6, 6.07) is 4.20. The Kier molecular flexibility index (Phi) is 4.82. The molecule has 1 atom stereocenters. The molecule has 1 spiro atoms. The zero-order chi connectivity index (χ0) is 18.1. The van der Waals surface area contributed by atoms with Gasteiger partial charge in [0.2, 0.25) is 0 Å². The zero-order valence-corrected chi connectivity index (χ0v) is 15.9. The number of hydrogen-bond donors (Lipinski definition) is 0. The molecule has 0 aliphatic carbocycles. The normalized spacial score (nSPS) is 22.5. The number of nitrogens with zero attached hydrogens (tertiary/aromatic N) is 4. The maximum absolute atomic E-state index is 6.20. The molecule has 2 aliphatic rings. The summed E-state index contributed by atoms with van der Waals surface area (Å²) < 4.78 is 14.3. The Morgan fingerprint density at radius 1 is 1.35 bits per heavy atom. The monoisotopic (exact) mass is 356 g/mol. The number of aryl methyl sites for hydroxylation is 3. The third kappa shape index (κ3) is 3.68. The third-order valence-corrected chi connectivity index (χ3v) is 5.58. The van der Waals surface area contributed by atoms with Crippen LogP contribution in [0.15, 0.2) is 24.5 Å². The Bertz CT molecular complexity index is 767. The van der Waals surface area contributed by atoms with Crippen molar-refractivity contribution in [1.82, 2.24) is 19.7 Å². The molecule has 0 radical (unpaired) electrons. The predicted octanol–water partition coefficient (Wildman–Crippen LogP) is 2.38. The quantitative estimate of drug-likeness (QED) is 0.823. The van der Waals surface area contributed by atoms with Crippen LogP contribution in [0.25, 0.3) is 0 Å². The van der Waals surface area contributed by atoms with Crippen molar-refractivity contribution < 1.29 is 9.47 Å². The molecular weight excluding hydrogens is 328 g/mol. The molecule has 2 saturated heterocycles. The van der Waals surface area contributed by atoms with E-state index in [0.717, 1.165) is 44.8 Å². The van der Waals surface area contributed by atoms with Gasteiger partial charge in [0.05, 0.1) is 29.7 Å². The fraction of sp³-hybridized carbons (Fsp3) is 0.600. The molecular formula is C20H28N4O2. The van der Waals surface area contributed by atoms with Gasteiger partial charge in [-0.25, -0.2) is 0 Å². The van der Waals surface area contributed by atoms with E-state index < -0.39 is 0 Å². The van der Waals surface area contributed by atoms with Gasteiger partial charge in [-0.05, 0) is 43.5 Å². The van der Waals surface area contributed by atoms with E-state index in [0.29, 0.717) is 6.61 Å². The van der Waals surface area contributed by atoms with Crippen LogP contribution in [0.4, 0.5) is 0 Å². The summed E-state index contributed by atoms with van der Waals surface area (Å²) in [5.74, 6) is 0. The second-order valence-corrected chi connectivity index (χ2v) is 7.81. The Hall–Kier alpha value is -1.76. The van der Waals surface area contributed by atoms with Crippen molar-refractivity contribution in [2.45, 2.75) is 51.5 Å². The third-order valence-electron chi connectivity index (χ3n) is 5.58. The summed E-state index contributed by atoms with van der Waals surface area (Å²) in [6.07, 6.45) is 5.96. The van der Waals surface area contributed by atoms with Crippen LogP contribution >= 0.6 is 0 Å². The molecule has 140 valence electrons. The lowest BCUT2D eigenvalue weighted by atomic mass is 9.84. The van der Waals surface area contributed by atoms with Gasteiger partial charge in [-0.2, -0.15) is 5.10 Å². The van der Waals surface area contributed by atoms with Crippen LogP contribution in [0.5, 0.6) is 0 Å². The van der Waals surface area contributed by atoms with E-state index in [-0.39, 0.29) is 11.7 Å². The Morgan fingerprint density at radius 3 is 2.92 bits per heavy atom. The van der Waals surface area contributed by atoms with Crippen LogP contribution in [0.1, 0.15) is 35.4 Å². The molecule has 2 aliphatic heterocycles. The highest BCUT2D eigenvalue weighted by molar-refractivity contribution is 5.20. The fourth-order valence-corrected chi connectivity index (χ4v) is 4.12. The zero-order valence-electron chi connectivity index (χ0n) is 15.9. The molecule has 6 heteroatoms. The van der Waals surface area contributed by atoms with Gasteiger partial charge in [-0.3, -0.25) is 14.6 Å². The van der Waals surface area contributed by atoms with Crippen molar-refractivity contribution in [2.24, 2.45) is 7.05 Å². The number of ether oxygens (including phenoxy) is 2. The summed E-state index contributed by atoms with van der Waals surface area (Å²) in [5.41, 5.74) is 4.72. The van der Waals surface area contributed by atoms with E-state index in [1.54, 1.807) is 0 Å². The van der Waals surface area contributed by atoms with E-state index in [1.807, 2.05) is 37.1 Å². The van der Waals surface area contributed by atoms with Gasteiger partial charge in [0.15, 0.2) is 0 Å². The number of likely N-dealkylation sites (tertiary alicyclic amines) is 1. The van der Waals surface area contributed by atoms with E-state index >= 15 is 0 Å². The first-order chi connectivity index (χ1) is 12.5. The van der Waals surface area contributed by atoms with Crippen LogP contribution in [0, 0.1) is 13.8 Å². The van der Waals surface area contributed by atoms with Crippen molar-refractivity contribution >= 4 is 0 Å². The average Bonchev–Trinajstić information content (AvgIpc) is 2.90. The van der Waals surface area contributed by atoms with Crippen LogP contribution in [-0.2, 0) is 29.7 Å². The number of pyridine rings is 1. The van der Waals surface area contributed by atoms with Crippen molar-refractivity contribution in [3.63, 3.8) is 0 Å². The largest absolute Gasteiger partial charge is 0.373 e. The maximum Gasteiger partial charge on any atom is 0.0959 e. The van der Waals surface area contributed by atoms with Crippen LogP contribution < -0.4 is 0 Å². The molecule has 0 bridgehead atoms. The average molecular weight is 356 g/mol. The highest BCUT2D eigenvalue weighted by atomic mass is 16.5. The molecule has 4 rings (SSSR count). The van der Waals surface area contributed by atoms with E-state index in [9.17, 15) is 0 Å². The summed E-state index contributed by atoms with van der Waals surface area (Å²) in [4.78, 5) is 6.64. The topological polar surface area (TPSA) is 52.4 Å². The fourth-order valence-electron chi connectivity index (χ4n) is 4.12. The molecule has 0 aromatic carbocycles. The molecule has 0 unspecified atom stereocenters. The molecule has 2 fully saturated rings. The minimum atomic E-state index is -0.0272. The highest BCUT2D eigenvalue weighted by Gasteiger charge is 2.47. The minimum absolute atomic E-state index is 0.0272. The molecule has 4 heterocycles. The van der Waals surface area contributed by atoms with Gasteiger partial charge in [0, 0.05) is 52.1 Å². The molecule has 26 heavy (non-hydrogen) atoms. The van der Waals surface area contributed by atoms with E-state index in [4.69, 9.17) is 9.47 Å². The SMILES string of the molecule is Cc1cc(CN2CC3(C[C@@H](OCc4cnccc4C)CCO3)C2)n(C)n1. The van der Waals surface area contributed by atoms with Crippen LogP contribution in [0.3, 0.4) is 0 Å². The molecule has 0 saturated carbocycles. The Balaban J connectivity index is 1.29. The summed E-state index contributed by atoms with van der Waals surface area (Å²) in [5, 5.41) is 4.43. The summed E-state index contributed by atoms with van der Waals surface area (Å²) >= 11 is 0. The first-order valence-corrected chi connectivity index (χ1v) is 9.40. The number of rotatable bonds is 5. The maximum atomic E-state index is 6.20. The molecule has 0 amide bonds. The van der Waals surface area contributed by atoms with Crippen molar-refractivity contribution in [1.29, 1.82) is 0 Å².